The molecule has 0 aliphatic rings. The first kappa shape index (κ1) is 20.8. The lowest BCUT2D eigenvalue weighted by atomic mass is 10.2. The fourth-order valence-electron chi connectivity index (χ4n) is 2.10. The Morgan fingerprint density at radius 2 is 1.83 bits per heavy atom. The molecule has 0 saturated carbocycles. The zero-order valence-electron chi connectivity index (χ0n) is 14.9. The first-order valence-corrected chi connectivity index (χ1v) is 10.9. The number of hydrogen-bond donors (Lipinski definition) is 1. The van der Waals surface area contributed by atoms with Gasteiger partial charge in [0, 0.05) is 30.0 Å². The molecular formula is C17H28N2O3S2. The SMILES string of the molecule is CC(C)(C)SCCNC(=O)CCCN(c1ccccc1)S(C)(=O)=O. The van der Waals surface area contributed by atoms with E-state index in [1.54, 1.807) is 36.0 Å². The van der Waals surface area contributed by atoms with Crippen molar-refractivity contribution in [2.24, 2.45) is 0 Å². The Labute approximate surface area is 150 Å². The molecule has 0 bridgehead atoms. The Bertz CT molecular complexity index is 610. The van der Waals surface area contributed by atoms with Gasteiger partial charge in [-0.15, -0.1) is 0 Å². The summed E-state index contributed by atoms with van der Waals surface area (Å²) in [6.07, 6.45) is 1.99. The van der Waals surface area contributed by atoms with Gasteiger partial charge in [-0.3, -0.25) is 9.10 Å². The first-order chi connectivity index (χ1) is 11.1. The molecule has 1 amide bonds. The number of thioether (sulfide) groups is 1. The van der Waals surface area contributed by atoms with Gasteiger partial charge in [0.2, 0.25) is 15.9 Å². The number of nitrogens with one attached hydrogen (secondary N) is 1. The molecule has 0 aromatic heterocycles. The summed E-state index contributed by atoms with van der Waals surface area (Å²) in [6, 6.07) is 8.95. The van der Waals surface area contributed by atoms with Crippen LogP contribution in [0.25, 0.3) is 0 Å². The van der Waals surface area contributed by atoms with Gasteiger partial charge in [-0.1, -0.05) is 39.0 Å². The fourth-order valence-corrected chi connectivity index (χ4v) is 3.88. The van der Waals surface area contributed by atoms with Gasteiger partial charge in [0.05, 0.1) is 11.9 Å². The van der Waals surface area contributed by atoms with Crippen LogP contribution in [-0.4, -0.2) is 44.2 Å². The minimum Gasteiger partial charge on any atom is -0.355 e. The molecule has 24 heavy (non-hydrogen) atoms. The topological polar surface area (TPSA) is 66.5 Å². The predicted octanol–water partition coefficient (Wildman–Crippen LogP) is 2.88. The van der Waals surface area contributed by atoms with E-state index in [0.717, 1.165) is 5.75 Å². The van der Waals surface area contributed by atoms with Crippen molar-refractivity contribution in [3.63, 3.8) is 0 Å². The van der Waals surface area contributed by atoms with Crippen molar-refractivity contribution in [1.82, 2.24) is 5.32 Å². The lowest BCUT2D eigenvalue weighted by molar-refractivity contribution is -0.121. The molecule has 136 valence electrons. The highest BCUT2D eigenvalue weighted by Gasteiger charge is 2.17. The number of anilines is 1. The molecule has 0 aliphatic carbocycles. The van der Waals surface area contributed by atoms with Gasteiger partial charge in [-0.25, -0.2) is 8.42 Å². The van der Waals surface area contributed by atoms with Crippen LogP contribution in [-0.2, 0) is 14.8 Å². The van der Waals surface area contributed by atoms with Gasteiger partial charge in [-0.2, -0.15) is 11.8 Å². The largest absolute Gasteiger partial charge is 0.355 e. The maximum atomic E-state index is 11.9. The van der Waals surface area contributed by atoms with E-state index in [0.29, 0.717) is 31.6 Å². The zero-order chi connectivity index (χ0) is 18.2. The van der Waals surface area contributed by atoms with E-state index in [2.05, 4.69) is 26.1 Å². The molecule has 0 saturated heterocycles. The average Bonchev–Trinajstić information content (AvgIpc) is 2.47. The number of nitrogens with zero attached hydrogens (tertiary/aromatic N) is 1. The van der Waals surface area contributed by atoms with E-state index in [4.69, 9.17) is 0 Å². The molecule has 0 unspecified atom stereocenters. The van der Waals surface area contributed by atoms with Crippen LogP contribution in [0.15, 0.2) is 30.3 Å². The van der Waals surface area contributed by atoms with Crippen LogP contribution >= 0.6 is 11.8 Å². The van der Waals surface area contributed by atoms with Gasteiger partial charge < -0.3 is 5.32 Å². The summed E-state index contributed by atoms with van der Waals surface area (Å²) >= 11 is 1.80. The number of para-hydroxylation sites is 1. The van der Waals surface area contributed by atoms with E-state index in [1.807, 2.05) is 6.07 Å². The first-order valence-electron chi connectivity index (χ1n) is 8.03. The molecule has 1 N–H and O–H groups in total. The Hall–Kier alpha value is -1.21. The van der Waals surface area contributed by atoms with Crippen LogP contribution in [0.2, 0.25) is 0 Å². The molecule has 0 aliphatic heterocycles. The summed E-state index contributed by atoms with van der Waals surface area (Å²) in [4.78, 5) is 11.8. The third-order valence-electron chi connectivity index (χ3n) is 3.17. The van der Waals surface area contributed by atoms with Gasteiger partial charge in [0.1, 0.15) is 0 Å². The van der Waals surface area contributed by atoms with E-state index >= 15 is 0 Å². The molecule has 7 heteroatoms. The van der Waals surface area contributed by atoms with Crippen LogP contribution < -0.4 is 9.62 Å². The average molecular weight is 373 g/mol. The molecule has 0 fully saturated rings. The van der Waals surface area contributed by atoms with Crippen molar-refractivity contribution < 1.29 is 13.2 Å². The smallest absolute Gasteiger partial charge is 0.232 e. The van der Waals surface area contributed by atoms with E-state index in [1.165, 1.54) is 10.6 Å². The van der Waals surface area contributed by atoms with Crippen molar-refractivity contribution in [1.29, 1.82) is 0 Å². The van der Waals surface area contributed by atoms with Crippen LogP contribution in [0.4, 0.5) is 5.69 Å². The number of carbonyl (C=O) groups excluding carboxylic acids is 1. The van der Waals surface area contributed by atoms with Crippen molar-refractivity contribution in [2.45, 2.75) is 38.4 Å². The lowest BCUT2D eigenvalue weighted by Crippen LogP contribution is -2.32. The van der Waals surface area contributed by atoms with Gasteiger partial charge in [0.25, 0.3) is 0 Å². The molecule has 1 aromatic rings. The molecule has 5 nitrogen and oxygen atoms in total. The van der Waals surface area contributed by atoms with Crippen LogP contribution in [0.3, 0.4) is 0 Å². The van der Waals surface area contributed by atoms with E-state index in [9.17, 15) is 13.2 Å². The third kappa shape index (κ3) is 8.59. The minimum absolute atomic E-state index is 0.0361. The number of rotatable bonds is 9. The minimum atomic E-state index is -3.35. The normalized spacial score (nSPS) is 12.0. The summed E-state index contributed by atoms with van der Waals surface area (Å²) in [5.74, 6) is 0.834. The Kier molecular flexibility index (Phi) is 8.09. The molecule has 0 heterocycles. The Balaban J connectivity index is 2.39. The summed E-state index contributed by atoms with van der Waals surface area (Å²) in [5, 5.41) is 2.88. The van der Waals surface area contributed by atoms with Crippen molar-refractivity contribution >= 4 is 33.4 Å². The van der Waals surface area contributed by atoms with Crippen molar-refractivity contribution in [3.05, 3.63) is 30.3 Å². The zero-order valence-corrected chi connectivity index (χ0v) is 16.5. The second kappa shape index (κ2) is 9.32. The number of sulfonamides is 1. The van der Waals surface area contributed by atoms with E-state index in [-0.39, 0.29) is 10.7 Å². The molecule has 0 radical (unpaired) electrons. The number of carbonyl (C=O) groups is 1. The fraction of sp³-hybridized carbons (Fsp3) is 0.588. The summed E-state index contributed by atoms with van der Waals surface area (Å²) in [7, 11) is -3.35. The molecule has 0 atom stereocenters. The van der Waals surface area contributed by atoms with Gasteiger partial charge in [-0.05, 0) is 18.6 Å². The van der Waals surface area contributed by atoms with Crippen LogP contribution in [0, 0.1) is 0 Å². The number of benzene rings is 1. The Morgan fingerprint density at radius 1 is 1.21 bits per heavy atom. The lowest BCUT2D eigenvalue weighted by Gasteiger charge is -2.22. The highest BCUT2D eigenvalue weighted by atomic mass is 32.2. The molecular weight excluding hydrogens is 344 g/mol. The van der Waals surface area contributed by atoms with E-state index < -0.39 is 10.0 Å². The quantitative estimate of drug-likeness (QED) is 0.677. The predicted molar refractivity (Wildman–Crippen MR) is 103 cm³/mol. The van der Waals surface area contributed by atoms with Crippen LogP contribution in [0.5, 0.6) is 0 Å². The molecule has 1 aromatic carbocycles. The van der Waals surface area contributed by atoms with Gasteiger partial charge >= 0.3 is 0 Å². The Morgan fingerprint density at radius 3 is 2.38 bits per heavy atom. The van der Waals surface area contributed by atoms with Crippen LogP contribution in [0.1, 0.15) is 33.6 Å². The monoisotopic (exact) mass is 372 g/mol. The summed E-state index contributed by atoms with van der Waals surface area (Å²) in [6.45, 7) is 7.36. The number of amides is 1. The van der Waals surface area contributed by atoms with Crippen molar-refractivity contribution in [3.8, 4) is 0 Å². The maximum Gasteiger partial charge on any atom is 0.232 e. The van der Waals surface area contributed by atoms with Gasteiger partial charge in [0.15, 0.2) is 0 Å². The van der Waals surface area contributed by atoms with Crippen molar-refractivity contribution in [2.75, 3.05) is 29.4 Å². The standard InChI is InChI=1S/C17H28N2O3S2/c1-17(2,3)23-14-12-18-16(20)11-8-13-19(24(4,21)22)15-9-6-5-7-10-15/h5-7,9-10H,8,11-14H2,1-4H3,(H,18,20). The second-order valence-electron chi connectivity index (χ2n) is 6.59. The third-order valence-corrected chi connectivity index (χ3v) is 5.64. The highest BCUT2D eigenvalue weighted by Crippen LogP contribution is 2.22. The summed E-state index contributed by atoms with van der Waals surface area (Å²) < 4.78 is 25.4. The summed E-state index contributed by atoms with van der Waals surface area (Å²) in [5.41, 5.74) is 0.627. The highest BCUT2D eigenvalue weighted by molar-refractivity contribution is 8.00. The molecule has 1 rings (SSSR count). The second-order valence-corrected chi connectivity index (χ2v) is 10.4. The molecule has 0 spiro atoms. The maximum absolute atomic E-state index is 11.9. The number of hydrogen-bond acceptors (Lipinski definition) is 4.